The smallest absolute Gasteiger partial charge is 0.408 e. The summed E-state index contributed by atoms with van der Waals surface area (Å²) in [5.41, 5.74) is 2.56. The van der Waals surface area contributed by atoms with Gasteiger partial charge in [0.25, 0.3) is 0 Å². The van der Waals surface area contributed by atoms with Crippen LogP contribution in [0.25, 0.3) is 0 Å². The van der Waals surface area contributed by atoms with Crippen molar-refractivity contribution < 1.29 is 29.0 Å². The van der Waals surface area contributed by atoms with Gasteiger partial charge in [0.1, 0.15) is 31.0 Å². The molecule has 0 radical (unpaired) electrons. The molecule has 0 fully saturated rings. The number of carbonyl (C=O) groups excluding carboxylic acids is 2. The van der Waals surface area contributed by atoms with E-state index in [1.54, 1.807) is 24.3 Å². The van der Waals surface area contributed by atoms with Crippen molar-refractivity contribution in [3.8, 4) is 5.75 Å². The third kappa shape index (κ3) is 8.51. The first-order chi connectivity index (χ1) is 16.9. The zero-order valence-corrected chi connectivity index (χ0v) is 19.3. The van der Waals surface area contributed by atoms with Crippen LogP contribution in [-0.2, 0) is 34.0 Å². The molecule has 8 nitrogen and oxygen atoms in total. The summed E-state index contributed by atoms with van der Waals surface area (Å²) >= 11 is 0. The van der Waals surface area contributed by atoms with Gasteiger partial charge in [-0.3, -0.25) is 4.79 Å². The third-order valence-corrected chi connectivity index (χ3v) is 5.17. The summed E-state index contributed by atoms with van der Waals surface area (Å²) in [5.74, 6) is -1.15. The minimum Gasteiger partial charge on any atom is -0.489 e. The number of nitrogens with one attached hydrogen (secondary N) is 2. The number of carbonyl (C=O) groups is 3. The van der Waals surface area contributed by atoms with Gasteiger partial charge < -0.3 is 25.2 Å². The second kappa shape index (κ2) is 12.8. The highest BCUT2D eigenvalue weighted by molar-refractivity contribution is 5.89. The Balaban J connectivity index is 1.47. The lowest BCUT2D eigenvalue weighted by atomic mass is 10.1. The van der Waals surface area contributed by atoms with Crippen LogP contribution in [0.3, 0.4) is 0 Å². The number of carboxylic acids is 1. The van der Waals surface area contributed by atoms with Crippen LogP contribution in [0.2, 0.25) is 0 Å². The first kappa shape index (κ1) is 25.3. The Morgan fingerprint density at radius 2 is 1.34 bits per heavy atom. The minimum absolute atomic E-state index is 0.0593. The molecule has 35 heavy (non-hydrogen) atoms. The second-order valence-corrected chi connectivity index (χ2v) is 7.95. The lowest BCUT2D eigenvalue weighted by Crippen LogP contribution is -2.51. The monoisotopic (exact) mass is 476 g/mol. The Kier molecular flexibility index (Phi) is 9.24. The van der Waals surface area contributed by atoms with Crippen molar-refractivity contribution >= 4 is 18.0 Å². The Labute approximate surface area is 203 Å². The highest BCUT2D eigenvalue weighted by Gasteiger charge is 2.24. The fraction of sp³-hybridized carbons (Fsp3) is 0.222. The summed E-state index contributed by atoms with van der Waals surface area (Å²) in [6, 6.07) is 23.7. The quantitative estimate of drug-likeness (QED) is 0.389. The molecule has 3 N–H and O–H groups in total. The molecule has 3 rings (SSSR count). The van der Waals surface area contributed by atoms with E-state index in [0.29, 0.717) is 17.9 Å². The number of hydrogen-bond acceptors (Lipinski definition) is 5. The van der Waals surface area contributed by atoms with Crippen LogP contribution in [0.1, 0.15) is 23.6 Å². The summed E-state index contributed by atoms with van der Waals surface area (Å²) in [7, 11) is 0. The summed E-state index contributed by atoms with van der Waals surface area (Å²) in [6.45, 7) is 1.94. The minimum atomic E-state index is -1.18. The molecule has 2 atom stereocenters. The van der Waals surface area contributed by atoms with Crippen molar-refractivity contribution in [1.82, 2.24) is 10.6 Å². The molecule has 0 heterocycles. The molecule has 3 aromatic rings. The molecule has 0 spiro atoms. The van der Waals surface area contributed by atoms with Crippen molar-refractivity contribution in [1.29, 1.82) is 0 Å². The van der Waals surface area contributed by atoms with Gasteiger partial charge in [0.2, 0.25) is 5.91 Å². The van der Waals surface area contributed by atoms with Crippen molar-refractivity contribution in [3.05, 3.63) is 102 Å². The molecule has 0 bridgehead atoms. The van der Waals surface area contributed by atoms with Gasteiger partial charge in [0.15, 0.2) is 0 Å². The van der Waals surface area contributed by atoms with Gasteiger partial charge in [-0.1, -0.05) is 72.8 Å². The molecule has 0 saturated carbocycles. The first-order valence-electron chi connectivity index (χ1n) is 11.2. The Bertz CT molecular complexity index is 1100. The van der Waals surface area contributed by atoms with Gasteiger partial charge in [-0.15, -0.1) is 0 Å². The third-order valence-electron chi connectivity index (χ3n) is 5.17. The topological polar surface area (TPSA) is 114 Å². The maximum absolute atomic E-state index is 12.5. The number of benzene rings is 3. The van der Waals surface area contributed by atoms with Crippen LogP contribution in [0.4, 0.5) is 4.79 Å². The molecule has 0 saturated heterocycles. The molecule has 3 aromatic carbocycles. The van der Waals surface area contributed by atoms with Crippen molar-refractivity contribution in [2.45, 2.75) is 38.6 Å². The summed E-state index contributed by atoms with van der Waals surface area (Å²) in [5, 5.41) is 14.4. The maximum Gasteiger partial charge on any atom is 0.408 e. The number of amides is 2. The number of aliphatic carboxylic acids is 1. The van der Waals surface area contributed by atoms with Crippen LogP contribution in [-0.4, -0.2) is 35.2 Å². The largest absolute Gasteiger partial charge is 0.489 e. The van der Waals surface area contributed by atoms with E-state index in [2.05, 4.69) is 10.6 Å². The van der Waals surface area contributed by atoms with E-state index in [0.717, 1.165) is 11.1 Å². The maximum atomic E-state index is 12.5. The van der Waals surface area contributed by atoms with Crippen molar-refractivity contribution in [2.75, 3.05) is 0 Å². The van der Waals surface area contributed by atoms with Crippen LogP contribution < -0.4 is 15.4 Å². The summed E-state index contributed by atoms with van der Waals surface area (Å²) in [6.07, 6.45) is -0.694. The van der Waals surface area contributed by atoms with Crippen LogP contribution in [0.5, 0.6) is 5.75 Å². The number of carboxylic acid groups (broad SMARTS) is 1. The molecule has 182 valence electrons. The van der Waals surface area contributed by atoms with E-state index in [-0.39, 0.29) is 13.0 Å². The lowest BCUT2D eigenvalue weighted by Gasteiger charge is -2.19. The molecule has 0 aromatic heterocycles. The number of rotatable bonds is 11. The van der Waals surface area contributed by atoms with Gasteiger partial charge in [0.05, 0.1) is 0 Å². The summed E-state index contributed by atoms with van der Waals surface area (Å²) in [4.78, 5) is 36.2. The van der Waals surface area contributed by atoms with Crippen LogP contribution in [0, 0.1) is 0 Å². The molecule has 8 heteroatoms. The predicted octanol–water partition coefficient (Wildman–Crippen LogP) is 3.69. The molecule has 0 aliphatic rings. The van der Waals surface area contributed by atoms with Crippen molar-refractivity contribution in [3.63, 3.8) is 0 Å². The molecular formula is C27H28N2O6. The van der Waals surface area contributed by atoms with E-state index in [1.807, 2.05) is 60.7 Å². The molecule has 2 amide bonds. The van der Waals surface area contributed by atoms with E-state index in [9.17, 15) is 19.5 Å². The summed E-state index contributed by atoms with van der Waals surface area (Å²) < 4.78 is 10.8. The zero-order valence-electron chi connectivity index (χ0n) is 19.3. The average Bonchev–Trinajstić information content (AvgIpc) is 2.87. The van der Waals surface area contributed by atoms with E-state index in [1.165, 1.54) is 6.92 Å². The molecular weight excluding hydrogens is 448 g/mol. The first-order valence-corrected chi connectivity index (χ1v) is 11.2. The van der Waals surface area contributed by atoms with Crippen LogP contribution >= 0.6 is 0 Å². The van der Waals surface area contributed by atoms with Gasteiger partial charge in [-0.25, -0.2) is 9.59 Å². The average molecular weight is 477 g/mol. The molecule has 0 aliphatic carbocycles. The number of hydrogen-bond donors (Lipinski definition) is 3. The van der Waals surface area contributed by atoms with Crippen LogP contribution in [0.15, 0.2) is 84.9 Å². The Hall–Kier alpha value is -4.33. The fourth-order valence-electron chi connectivity index (χ4n) is 3.20. The Morgan fingerprint density at radius 3 is 1.91 bits per heavy atom. The predicted molar refractivity (Wildman–Crippen MR) is 130 cm³/mol. The standard InChI is InChI=1S/C27H28N2O6/c1-19(28-27(33)35-18-22-10-6-3-7-11-22)25(30)29-24(26(31)32)16-20-12-14-23(15-13-20)34-17-21-8-4-2-5-9-21/h2-15,19,24H,16-18H2,1H3,(H,28,33)(H,29,30)(H,31,32)/t19-,24-/m0/s1. The normalized spacial score (nSPS) is 12.1. The highest BCUT2D eigenvalue weighted by atomic mass is 16.5. The fourth-order valence-corrected chi connectivity index (χ4v) is 3.20. The lowest BCUT2D eigenvalue weighted by molar-refractivity contribution is -0.142. The van der Waals surface area contributed by atoms with Gasteiger partial charge in [0, 0.05) is 6.42 Å². The zero-order chi connectivity index (χ0) is 25.0. The van der Waals surface area contributed by atoms with E-state index < -0.39 is 30.1 Å². The van der Waals surface area contributed by atoms with Gasteiger partial charge in [-0.2, -0.15) is 0 Å². The molecule has 0 unspecified atom stereocenters. The second-order valence-electron chi connectivity index (χ2n) is 7.95. The number of ether oxygens (including phenoxy) is 2. The highest BCUT2D eigenvalue weighted by Crippen LogP contribution is 2.15. The molecule has 0 aliphatic heterocycles. The SMILES string of the molecule is C[C@H](NC(=O)OCc1ccccc1)C(=O)N[C@@H](Cc1ccc(OCc2ccccc2)cc1)C(=O)O. The van der Waals surface area contributed by atoms with Crippen molar-refractivity contribution in [2.24, 2.45) is 0 Å². The number of alkyl carbamates (subject to hydrolysis) is 1. The van der Waals surface area contributed by atoms with E-state index >= 15 is 0 Å². The van der Waals surface area contributed by atoms with E-state index in [4.69, 9.17) is 9.47 Å². The Morgan fingerprint density at radius 1 is 0.771 bits per heavy atom. The van der Waals surface area contributed by atoms with Gasteiger partial charge in [-0.05, 0) is 35.7 Å². The van der Waals surface area contributed by atoms with Gasteiger partial charge >= 0.3 is 12.1 Å².